The van der Waals surface area contributed by atoms with Crippen LogP contribution in [0.3, 0.4) is 0 Å². The summed E-state index contributed by atoms with van der Waals surface area (Å²) in [4.78, 5) is 38.6. The number of benzene rings is 2. The highest BCUT2D eigenvalue weighted by atomic mass is 16.5. The average molecular weight is 551 g/mol. The zero-order valence-electron chi connectivity index (χ0n) is 23.2. The fourth-order valence-corrected chi connectivity index (χ4v) is 4.03. The Balaban J connectivity index is 1.71. The first-order valence-electron chi connectivity index (χ1n) is 12.9. The molecule has 3 N–H and O–H groups in total. The van der Waals surface area contributed by atoms with Gasteiger partial charge in [-0.05, 0) is 68.3 Å². The monoisotopic (exact) mass is 550 g/mol. The summed E-state index contributed by atoms with van der Waals surface area (Å²) in [5.74, 6) is -0.123. The molecular weight excluding hydrogens is 520 g/mol. The van der Waals surface area contributed by atoms with E-state index in [1.165, 1.54) is 13.2 Å². The third kappa shape index (κ3) is 6.72. The minimum atomic E-state index is -0.732. The molecule has 41 heavy (non-hydrogen) atoms. The van der Waals surface area contributed by atoms with Crippen molar-refractivity contribution in [2.45, 2.75) is 26.2 Å². The molecule has 2 aromatic carbocycles. The number of aryl methyl sites for hydroxylation is 1. The Bertz CT molecular complexity index is 1640. The first-order valence-corrected chi connectivity index (χ1v) is 12.9. The first kappa shape index (κ1) is 28.9. The number of hydrogen-bond acceptors (Lipinski definition) is 8. The van der Waals surface area contributed by atoms with E-state index in [4.69, 9.17) is 9.72 Å². The lowest BCUT2D eigenvalue weighted by molar-refractivity contribution is 0.0957. The van der Waals surface area contributed by atoms with Gasteiger partial charge in [0.05, 0.1) is 23.8 Å². The fraction of sp³-hybridized carbons (Fsp3) is 0.226. The van der Waals surface area contributed by atoms with Gasteiger partial charge in [0.2, 0.25) is 5.88 Å². The van der Waals surface area contributed by atoms with E-state index in [-0.39, 0.29) is 36.6 Å². The molecule has 0 fully saturated rings. The standard InChI is InChI=1S/C31H30N6O4/c1-19-8-9-23(35-29(39)21-6-5-7-22(14-21)31(2,3)18-32)16-24(19)25-17-27(41-13-12-38)37-28(36-25)20-10-11-34-26(15-20)30(40)33-4/h5-11,14-17,38H,12-13H2,1-4H3,(H,33,40)(H,35,39). The van der Waals surface area contributed by atoms with E-state index >= 15 is 0 Å². The number of nitrogens with one attached hydrogen (secondary N) is 2. The highest BCUT2D eigenvalue weighted by Gasteiger charge is 2.21. The van der Waals surface area contributed by atoms with Gasteiger partial charge < -0.3 is 20.5 Å². The van der Waals surface area contributed by atoms with Crippen LogP contribution in [-0.4, -0.2) is 52.1 Å². The van der Waals surface area contributed by atoms with Crippen LogP contribution in [0.2, 0.25) is 0 Å². The van der Waals surface area contributed by atoms with E-state index in [9.17, 15) is 20.0 Å². The minimum Gasteiger partial charge on any atom is -0.475 e. The predicted molar refractivity (Wildman–Crippen MR) is 154 cm³/mol. The van der Waals surface area contributed by atoms with Crippen molar-refractivity contribution in [1.82, 2.24) is 20.3 Å². The van der Waals surface area contributed by atoms with Crippen molar-refractivity contribution in [3.8, 4) is 34.6 Å². The van der Waals surface area contributed by atoms with Crippen molar-refractivity contribution >= 4 is 17.5 Å². The Kier molecular flexibility index (Phi) is 8.70. The Morgan fingerprint density at radius 3 is 2.59 bits per heavy atom. The fourth-order valence-electron chi connectivity index (χ4n) is 4.03. The molecule has 2 heterocycles. The van der Waals surface area contributed by atoms with Gasteiger partial charge in [-0.15, -0.1) is 0 Å². The van der Waals surface area contributed by atoms with Gasteiger partial charge in [-0.1, -0.05) is 18.2 Å². The summed E-state index contributed by atoms with van der Waals surface area (Å²) < 4.78 is 5.63. The van der Waals surface area contributed by atoms with Gasteiger partial charge in [-0.25, -0.2) is 4.98 Å². The summed E-state index contributed by atoms with van der Waals surface area (Å²) in [6.07, 6.45) is 1.50. The number of carbonyl (C=O) groups excluding carboxylic acids is 2. The van der Waals surface area contributed by atoms with Gasteiger partial charge in [-0.3, -0.25) is 14.6 Å². The number of nitriles is 1. The Morgan fingerprint density at radius 1 is 1.05 bits per heavy atom. The van der Waals surface area contributed by atoms with Crippen LogP contribution in [-0.2, 0) is 5.41 Å². The van der Waals surface area contributed by atoms with Crippen molar-refractivity contribution < 1.29 is 19.4 Å². The molecular formula is C31H30N6O4. The second-order valence-electron chi connectivity index (χ2n) is 9.80. The predicted octanol–water partition coefficient (Wildman–Crippen LogP) is 4.30. The van der Waals surface area contributed by atoms with Gasteiger partial charge in [-0.2, -0.15) is 10.2 Å². The molecule has 0 aliphatic rings. The molecule has 0 aliphatic heterocycles. The third-order valence-corrected chi connectivity index (χ3v) is 6.42. The molecule has 2 aromatic heterocycles. The highest BCUT2D eigenvalue weighted by molar-refractivity contribution is 6.04. The van der Waals surface area contributed by atoms with Gasteiger partial charge in [0, 0.05) is 41.7 Å². The number of nitrogens with zero attached hydrogens (tertiary/aromatic N) is 4. The van der Waals surface area contributed by atoms with Gasteiger partial charge >= 0.3 is 0 Å². The SMILES string of the molecule is CNC(=O)c1cc(-c2nc(OCCO)cc(-c3cc(NC(=O)c4cccc(C(C)(C)C#N)c4)ccc3C)n2)ccn1. The Morgan fingerprint density at radius 2 is 1.85 bits per heavy atom. The number of amides is 2. The zero-order chi connectivity index (χ0) is 29.6. The molecule has 0 atom stereocenters. The average Bonchev–Trinajstić information content (AvgIpc) is 3.00. The normalized spacial score (nSPS) is 10.9. The van der Waals surface area contributed by atoms with Crippen molar-refractivity contribution in [3.63, 3.8) is 0 Å². The van der Waals surface area contributed by atoms with Gasteiger partial charge in [0.25, 0.3) is 11.8 Å². The quantitative estimate of drug-likeness (QED) is 0.279. The topological polar surface area (TPSA) is 150 Å². The van der Waals surface area contributed by atoms with Crippen LogP contribution in [0.25, 0.3) is 22.6 Å². The lowest BCUT2D eigenvalue weighted by Gasteiger charge is -2.17. The maximum atomic E-state index is 13.1. The number of rotatable bonds is 9. The van der Waals surface area contributed by atoms with Crippen LogP contribution in [0.5, 0.6) is 5.88 Å². The van der Waals surface area contributed by atoms with Crippen LogP contribution in [0, 0.1) is 18.3 Å². The smallest absolute Gasteiger partial charge is 0.269 e. The van der Waals surface area contributed by atoms with E-state index in [0.717, 1.165) is 16.7 Å². The maximum absolute atomic E-state index is 13.1. The summed E-state index contributed by atoms with van der Waals surface area (Å²) in [6.45, 7) is 5.36. The van der Waals surface area contributed by atoms with Crippen LogP contribution in [0.1, 0.15) is 45.8 Å². The summed E-state index contributed by atoms with van der Waals surface area (Å²) in [5, 5.41) is 24.2. The molecule has 10 nitrogen and oxygen atoms in total. The molecule has 0 saturated heterocycles. The number of ether oxygens (including phenoxy) is 1. The molecule has 4 rings (SSSR count). The highest BCUT2D eigenvalue weighted by Crippen LogP contribution is 2.30. The van der Waals surface area contributed by atoms with E-state index in [1.54, 1.807) is 62.4 Å². The van der Waals surface area contributed by atoms with Crippen LogP contribution >= 0.6 is 0 Å². The number of anilines is 1. The molecule has 2 amide bonds. The molecule has 0 saturated carbocycles. The molecule has 0 aliphatic carbocycles. The van der Waals surface area contributed by atoms with E-state index in [1.807, 2.05) is 19.1 Å². The van der Waals surface area contributed by atoms with Gasteiger partial charge in [0.15, 0.2) is 5.82 Å². The molecule has 10 heteroatoms. The van der Waals surface area contributed by atoms with Crippen molar-refractivity contribution in [2.75, 3.05) is 25.6 Å². The maximum Gasteiger partial charge on any atom is 0.269 e. The summed E-state index contributed by atoms with van der Waals surface area (Å²) >= 11 is 0. The second-order valence-corrected chi connectivity index (χ2v) is 9.80. The molecule has 0 radical (unpaired) electrons. The van der Waals surface area contributed by atoms with Crippen LogP contribution < -0.4 is 15.4 Å². The Labute approximate surface area is 238 Å². The van der Waals surface area contributed by atoms with Crippen LogP contribution in [0.4, 0.5) is 5.69 Å². The molecule has 0 bridgehead atoms. The van der Waals surface area contributed by atoms with Crippen molar-refractivity contribution in [1.29, 1.82) is 5.26 Å². The molecule has 0 unspecified atom stereocenters. The lowest BCUT2D eigenvalue weighted by Crippen LogP contribution is -2.19. The summed E-state index contributed by atoms with van der Waals surface area (Å²) in [7, 11) is 1.52. The van der Waals surface area contributed by atoms with E-state index in [0.29, 0.717) is 28.3 Å². The summed E-state index contributed by atoms with van der Waals surface area (Å²) in [5.41, 5.74) is 3.88. The first-order chi connectivity index (χ1) is 19.6. The van der Waals surface area contributed by atoms with Crippen LogP contribution in [0.15, 0.2) is 66.9 Å². The van der Waals surface area contributed by atoms with E-state index in [2.05, 4.69) is 26.7 Å². The number of hydrogen-bond donors (Lipinski definition) is 3. The second kappa shape index (κ2) is 12.4. The lowest BCUT2D eigenvalue weighted by atomic mass is 9.85. The van der Waals surface area contributed by atoms with Crippen molar-refractivity contribution in [3.05, 3.63) is 89.2 Å². The summed E-state index contributed by atoms with van der Waals surface area (Å²) in [6, 6.07) is 19.7. The molecule has 4 aromatic rings. The minimum absolute atomic E-state index is 0.0342. The Hall–Kier alpha value is -5.14. The largest absolute Gasteiger partial charge is 0.475 e. The van der Waals surface area contributed by atoms with Gasteiger partial charge in [0.1, 0.15) is 12.3 Å². The third-order valence-electron chi connectivity index (χ3n) is 6.42. The molecule has 0 spiro atoms. The number of carbonyl (C=O) groups is 2. The number of aliphatic hydroxyl groups is 1. The number of aromatic nitrogens is 3. The van der Waals surface area contributed by atoms with E-state index < -0.39 is 5.41 Å². The van der Waals surface area contributed by atoms with Crippen molar-refractivity contribution in [2.24, 2.45) is 0 Å². The number of pyridine rings is 1. The zero-order valence-corrected chi connectivity index (χ0v) is 23.2. The molecule has 208 valence electrons. The number of aliphatic hydroxyl groups excluding tert-OH is 1.